The number of anilines is 1. The molecule has 0 spiro atoms. The molecule has 52 heavy (non-hydrogen) atoms. The van der Waals surface area contributed by atoms with Crippen molar-refractivity contribution >= 4 is 35.1 Å². The van der Waals surface area contributed by atoms with E-state index in [9.17, 15) is 19.5 Å². The minimum absolute atomic E-state index is 0.134. The van der Waals surface area contributed by atoms with Crippen molar-refractivity contribution in [3.8, 4) is 11.5 Å². The molecule has 0 bridgehead atoms. The van der Waals surface area contributed by atoms with Crippen LogP contribution in [-0.2, 0) is 22.6 Å². The average molecular weight is 699 g/mol. The van der Waals surface area contributed by atoms with Gasteiger partial charge in [0.05, 0.1) is 6.61 Å². The molecular weight excluding hydrogens is 652 g/mol. The van der Waals surface area contributed by atoms with Crippen molar-refractivity contribution in [2.24, 2.45) is 0 Å². The van der Waals surface area contributed by atoms with Crippen molar-refractivity contribution in [2.45, 2.75) is 51.1 Å². The van der Waals surface area contributed by atoms with Crippen molar-refractivity contribution in [3.63, 3.8) is 0 Å². The molecule has 1 atom stereocenters. The molecule has 3 amide bonds. The first kappa shape index (κ1) is 35.0. The smallest absolute Gasteiger partial charge is 0.255 e. The maximum Gasteiger partial charge on any atom is 0.255 e. The lowest BCUT2D eigenvalue weighted by Gasteiger charge is -2.36. The van der Waals surface area contributed by atoms with Gasteiger partial charge in [-0.25, -0.2) is 0 Å². The number of carbonyl (C=O) groups excluding carboxylic acids is 3. The van der Waals surface area contributed by atoms with Crippen LogP contribution in [0.15, 0.2) is 97.1 Å². The zero-order chi connectivity index (χ0) is 35.9. The third kappa shape index (κ3) is 8.54. The monoisotopic (exact) mass is 698 g/mol. The van der Waals surface area contributed by atoms with Crippen LogP contribution in [-0.4, -0.2) is 78.0 Å². The van der Waals surface area contributed by atoms with Crippen LogP contribution in [0.4, 0.5) is 5.69 Å². The molecule has 3 heterocycles. The van der Waals surface area contributed by atoms with E-state index in [0.29, 0.717) is 25.1 Å². The highest BCUT2D eigenvalue weighted by molar-refractivity contribution is 6.05. The van der Waals surface area contributed by atoms with E-state index in [2.05, 4.69) is 75.8 Å². The number of phenols is 1. The largest absolute Gasteiger partial charge is 0.508 e. The first-order valence-electron chi connectivity index (χ1n) is 18.4. The average Bonchev–Trinajstić information content (AvgIpc) is 3.49. The number of piperazine rings is 1. The second-order valence-corrected chi connectivity index (χ2v) is 13.9. The number of amides is 3. The first-order valence-corrected chi connectivity index (χ1v) is 18.4. The quantitative estimate of drug-likeness (QED) is 0.0960. The molecular formula is C43H46N4O5. The fraction of sp³-hybridized carbons (Fsp3) is 0.326. The Morgan fingerprint density at radius 1 is 0.865 bits per heavy atom. The Morgan fingerprint density at radius 2 is 1.63 bits per heavy atom. The number of ether oxygens (including phenoxy) is 1. The van der Waals surface area contributed by atoms with Gasteiger partial charge in [-0.05, 0) is 109 Å². The van der Waals surface area contributed by atoms with Crippen LogP contribution in [0, 0.1) is 0 Å². The fourth-order valence-electron chi connectivity index (χ4n) is 7.37. The van der Waals surface area contributed by atoms with E-state index in [1.165, 1.54) is 16.7 Å². The molecule has 0 aliphatic carbocycles. The van der Waals surface area contributed by atoms with Crippen LogP contribution < -0.4 is 15.0 Å². The Hall–Kier alpha value is -5.41. The predicted octanol–water partition coefficient (Wildman–Crippen LogP) is 6.31. The second kappa shape index (κ2) is 16.3. The summed E-state index contributed by atoms with van der Waals surface area (Å²) in [6.45, 7) is 5.92. The topological polar surface area (TPSA) is 102 Å². The molecule has 9 heteroatoms. The summed E-state index contributed by atoms with van der Waals surface area (Å²) >= 11 is 0. The van der Waals surface area contributed by atoms with Gasteiger partial charge in [0.15, 0.2) is 0 Å². The predicted molar refractivity (Wildman–Crippen MR) is 203 cm³/mol. The molecule has 0 aromatic heterocycles. The van der Waals surface area contributed by atoms with Gasteiger partial charge in [-0.2, -0.15) is 0 Å². The molecule has 4 aromatic rings. The van der Waals surface area contributed by atoms with Crippen LogP contribution in [0.25, 0.3) is 11.6 Å². The Morgan fingerprint density at radius 3 is 2.38 bits per heavy atom. The number of aromatic hydroxyl groups is 1. The standard InChI is InChI=1S/C43H46N4O5/c48-37-15-9-31(10-16-37)8-13-34(33-6-2-1-3-7-33)28-32-11-17-38(18-12-32)52-27-5-4-22-45-23-25-46(26-24-45)36-14-19-39-35(29-36)30-47(43(39)51)40-20-21-41(49)44-42(40)50/h1-3,6-7,9-12,14-19,28-29,40,48H,4-5,8,13,20-27,30H2,(H,44,49,50). The molecule has 2 saturated heterocycles. The summed E-state index contributed by atoms with van der Waals surface area (Å²) < 4.78 is 6.10. The van der Waals surface area contributed by atoms with Gasteiger partial charge in [0, 0.05) is 50.4 Å². The number of phenolic OH excluding ortho intramolecular Hbond substituents is 1. The Balaban J connectivity index is 0.835. The third-order valence-electron chi connectivity index (χ3n) is 10.4. The van der Waals surface area contributed by atoms with E-state index < -0.39 is 6.04 Å². The lowest BCUT2D eigenvalue weighted by atomic mass is 9.96. The highest BCUT2D eigenvalue weighted by Gasteiger charge is 2.39. The number of nitrogens with one attached hydrogen (secondary N) is 1. The fourth-order valence-corrected chi connectivity index (χ4v) is 7.37. The van der Waals surface area contributed by atoms with Gasteiger partial charge in [-0.1, -0.05) is 60.7 Å². The lowest BCUT2D eigenvalue weighted by Crippen LogP contribution is -2.52. The molecule has 268 valence electrons. The lowest BCUT2D eigenvalue weighted by molar-refractivity contribution is -0.136. The highest BCUT2D eigenvalue weighted by Crippen LogP contribution is 2.31. The van der Waals surface area contributed by atoms with E-state index >= 15 is 0 Å². The zero-order valence-electron chi connectivity index (χ0n) is 29.5. The van der Waals surface area contributed by atoms with Crippen LogP contribution in [0.1, 0.15) is 64.7 Å². The molecule has 0 saturated carbocycles. The maximum absolute atomic E-state index is 13.1. The van der Waals surface area contributed by atoms with Gasteiger partial charge in [0.25, 0.3) is 5.91 Å². The zero-order valence-corrected chi connectivity index (χ0v) is 29.5. The number of imide groups is 1. The molecule has 9 nitrogen and oxygen atoms in total. The van der Waals surface area contributed by atoms with E-state index in [4.69, 9.17) is 4.74 Å². The number of unbranched alkanes of at least 4 members (excludes halogenated alkanes) is 1. The molecule has 7 rings (SSSR count). The molecule has 3 aliphatic rings. The van der Waals surface area contributed by atoms with Crippen molar-refractivity contribution in [1.82, 2.24) is 15.1 Å². The number of benzene rings is 4. The number of piperidine rings is 1. The minimum Gasteiger partial charge on any atom is -0.508 e. The van der Waals surface area contributed by atoms with Gasteiger partial charge in [-0.15, -0.1) is 0 Å². The number of hydrogen-bond donors (Lipinski definition) is 2. The Bertz CT molecular complexity index is 1900. The number of nitrogens with zero attached hydrogens (tertiary/aromatic N) is 3. The van der Waals surface area contributed by atoms with E-state index in [1.807, 2.05) is 30.3 Å². The van der Waals surface area contributed by atoms with E-state index in [0.717, 1.165) is 81.0 Å². The minimum atomic E-state index is -0.591. The van der Waals surface area contributed by atoms with Crippen LogP contribution in [0.2, 0.25) is 0 Å². The number of carbonyl (C=O) groups is 3. The van der Waals surface area contributed by atoms with Gasteiger partial charge < -0.3 is 19.6 Å². The van der Waals surface area contributed by atoms with E-state index in [-0.39, 0.29) is 29.9 Å². The molecule has 2 N–H and O–H groups in total. The van der Waals surface area contributed by atoms with Crippen LogP contribution in [0.5, 0.6) is 11.5 Å². The van der Waals surface area contributed by atoms with Gasteiger partial charge in [0.1, 0.15) is 17.5 Å². The molecule has 4 aromatic carbocycles. The second-order valence-electron chi connectivity index (χ2n) is 13.9. The summed E-state index contributed by atoms with van der Waals surface area (Å²) in [4.78, 5) is 43.5. The highest BCUT2D eigenvalue weighted by atomic mass is 16.5. The SMILES string of the molecule is O=C1CCC(N2Cc3cc(N4CCN(CCCCOc5ccc(C=C(CCc6ccc(O)cc6)c6ccccc6)cc5)CC4)ccc3C2=O)C(=O)N1. The molecule has 0 radical (unpaired) electrons. The number of hydrogen-bond acceptors (Lipinski definition) is 7. The number of rotatable bonds is 13. The Labute approximate surface area is 305 Å². The maximum atomic E-state index is 13.1. The summed E-state index contributed by atoms with van der Waals surface area (Å²) in [5, 5.41) is 12.0. The summed E-state index contributed by atoms with van der Waals surface area (Å²) in [5.41, 5.74) is 7.52. The first-order chi connectivity index (χ1) is 25.4. The molecule has 3 aliphatic heterocycles. The third-order valence-corrected chi connectivity index (χ3v) is 10.4. The van der Waals surface area contributed by atoms with Crippen LogP contribution in [0.3, 0.4) is 0 Å². The van der Waals surface area contributed by atoms with Crippen LogP contribution >= 0.6 is 0 Å². The van der Waals surface area contributed by atoms with Gasteiger partial charge in [0.2, 0.25) is 11.8 Å². The van der Waals surface area contributed by atoms with Crippen molar-refractivity contribution in [3.05, 3.63) is 125 Å². The number of fused-ring (bicyclic) bond motifs is 1. The van der Waals surface area contributed by atoms with E-state index in [1.54, 1.807) is 17.0 Å². The summed E-state index contributed by atoms with van der Waals surface area (Å²) in [6.07, 6.45) is 6.72. The molecule has 2 fully saturated rings. The Kier molecular flexibility index (Phi) is 11.0. The normalized spacial score (nSPS) is 18.0. The van der Waals surface area contributed by atoms with Gasteiger partial charge >= 0.3 is 0 Å². The summed E-state index contributed by atoms with van der Waals surface area (Å²) in [6, 6.07) is 31.7. The number of aryl methyl sites for hydroxylation is 1. The van der Waals surface area contributed by atoms with Crippen molar-refractivity contribution in [2.75, 3.05) is 44.2 Å². The van der Waals surface area contributed by atoms with Crippen molar-refractivity contribution < 1.29 is 24.2 Å². The van der Waals surface area contributed by atoms with Crippen molar-refractivity contribution in [1.29, 1.82) is 0 Å². The summed E-state index contributed by atoms with van der Waals surface area (Å²) in [5.74, 6) is 0.384. The number of allylic oxidation sites excluding steroid dienone is 1. The summed E-state index contributed by atoms with van der Waals surface area (Å²) in [7, 11) is 0. The molecule has 1 unspecified atom stereocenters. The van der Waals surface area contributed by atoms with Gasteiger partial charge in [-0.3, -0.25) is 24.6 Å².